The van der Waals surface area contributed by atoms with Crippen LogP contribution in [-0.2, 0) is 0 Å². The molecule has 0 saturated carbocycles. The molecular formula is C22H18N4O2S. The molecule has 4 rings (SSSR count). The number of nitrogens with one attached hydrogen (secondary N) is 2. The molecule has 1 amide bonds. The molecular weight excluding hydrogens is 384 g/mol. The van der Waals surface area contributed by atoms with E-state index in [1.165, 1.54) is 0 Å². The first kappa shape index (κ1) is 18.8. The van der Waals surface area contributed by atoms with Gasteiger partial charge < -0.3 is 9.73 Å². The summed E-state index contributed by atoms with van der Waals surface area (Å²) < 4.78 is 5.78. The lowest BCUT2D eigenvalue weighted by Crippen LogP contribution is -2.34. The van der Waals surface area contributed by atoms with E-state index in [4.69, 9.17) is 16.6 Å². The molecule has 2 heterocycles. The fourth-order valence-corrected chi connectivity index (χ4v) is 3.23. The first-order chi connectivity index (χ1) is 14.0. The molecule has 0 aliphatic carbocycles. The minimum atomic E-state index is -0.249. The highest BCUT2D eigenvalue weighted by molar-refractivity contribution is 7.80. The van der Waals surface area contributed by atoms with Crippen LogP contribution < -0.4 is 10.6 Å². The molecule has 0 saturated heterocycles. The number of anilines is 1. The van der Waals surface area contributed by atoms with Crippen LogP contribution in [0.3, 0.4) is 0 Å². The van der Waals surface area contributed by atoms with Crippen molar-refractivity contribution in [3.63, 3.8) is 0 Å². The predicted octanol–water partition coefficient (Wildman–Crippen LogP) is 4.63. The maximum atomic E-state index is 12.5. The first-order valence-corrected chi connectivity index (χ1v) is 9.41. The van der Waals surface area contributed by atoms with Crippen molar-refractivity contribution >= 4 is 40.0 Å². The van der Waals surface area contributed by atoms with Crippen molar-refractivity contribution in [1.82, 2.24) is 15.3 Å². The van der Waals surface area contributed by atoms with Crippen LogP contribution in [0.15, 0.2) is 65.3 Å². The summed E-state index contributed by atoms with van der Waals surface area (Å²) >= 11 is 5.29. The zero-order valence-corrected chi connectivity index (χ0v) is 16.7. The normalized spacial score (nSPS) is 10.7. The number of thiocarbonyl (C=S) groups is 1. The monoisotopic (exact) mass is 402 g/mol. The third-order valence-electron chi connectivity index (χ3n) is 4.41. The van der Waals surface area contributed by atoms with Gasteiger partial charge >= 0.3 is 0 Å². The number of aryl methyl sites for hydroxylation is 2. The third-order valence-corrected chi connectivity index (χ3v) is 4.61. The van der Waals surface area contributed by atoms with E-state index < -0.39 is 0 Å². The van der Waals surface area contributed by atoms with Crippen molar-refractivity contribution in [3.05, 3.63) is 77.6 Å². The van der Waals surface area contributed by atoms with Crippen molar-refractivity contribution < 1.29 is 9.21 Å². The van der Waals surface area contributed by atoms with Gasteiger partial charge in [0, 0.05) is 23.6 Å². The molecule has 4 aromatic rings. The SMILES string of the molecule is Cc1ccc(C(=O)NC(=S)Nc2ccc3oc(-c4cccnc4)nc3c2)c(C)c1. The predicted molar refractivity (Wildman–Crippen MR) is 117 cm³/mol. The van der Waals surface area contributed by atoms with E-state index in [-0.39, 0.29) is 11.0 Å². The number of hydrogen-bond donors (Lipinski definition) is 2. The van der Waals surface area contributed by atoms with Crippen LogP contribution in [0.25, 0.3) is 22.6 Å². The number of aromatic nitrogens is 2. The Morgan fingerprint density at radius 2 is 1.97 bits per heavy atom. The van der Waals surface area contributed by atoms with Crippen molar-refractivity contribution in [3.8, 4) is 11.5 Å². The minimum absolute atomic E-state index is 0.213. The van der Waals surface area contributed by atoms with Gasteiger partial charge in [0.2, 0.25) is 5.89 Å². The molecule has 0 atom stereocenters. The molecule has 0 bridgehead atoms. The molecule has 0 unspecified atom stereocenters. The second-order valence-electron chi connectivity index (χ2n) is 6.67. The van der Waals surface area contributed by atoms with E-state index in [1.807, 2.05) is 50.2 Å². The molecule has 29 heavy (non-hydrogen) atoms. The Kier molecular flexibility index (Phi) is 5.05. The van der Waals surface area contributed by atoms with Gasteiger partial charge in [-0.15, -0.1) is 0 Å². The topological polar surface area (TPSA) is 80.0 Å². The molecule has 2 aromatic carbocycles. The number of benzene rings is 2. The van der Waals surface area contributed by atoms with Crippen LogP contribution in [0.4, 0.5) is 5.69 Å². The Bertz CT molecular complexity index is 1220. The lowest BCUT2D eigenvalue weighted by Gasteiger charge is -2.11. The van der Waals surface area contributed by atoms with E-state index in [9.17, 15) is 4.79 Å². The number of carbonyl (C=O) groups excluding carboxylic acids is 1. The molecule has 2 aromatic heterocycles. The summed E-state index contributed by atoms with van der Waals surface area (Å²) in [5.41, 5.74) is 5.43. The Hall–Kier alpha value is -3.58. The summed E-state index contributed by atoms with van der Waals surface area (Å²) in [5, 5.41) is 5.95. The largest absolute Gasteiger partial charge is 0.436 e. The van der Waals surface area contributed by atoms with Gasteiger partial charge in [-0.2, -0.15) is 0 Å². The second kappa shape index (κ2) is 7.81. The van der Waals surface area contributed by atoms with Crippen molar-refractivity contribution in [2.45, 2.75) is 13.8 Å². The molecule has 6 nitrogen and oxygen atoms in total. The summed E-state index contributed by atoms with van der Waals surface area (Å²) in [4.78, 5) is 21.1. The van der Waals surface area contributed by atoms with Crippen LogP contribution >= 0.6 is 12.2 Å². The van der Waals surface area contributed by atoms with Crippen molar-refractivity contribution in [2.24, 2.45) is 0 Å². The maximum absolute atomic E-state index is 12.5. The average Bonchev–Trinajstić information content (AvgIpc) is 3.12. The number of pyridine rings is 1. The number of hydrogen-bond acceptors (Lipinski definition) is 5. The summed E-state index contributed by atoms with van der Waals surface area (Å²) in [6, 6.07) is 14.8. The van der Waals surface area contributed by atoms with E-state index >= 15 is 0 Å². The molecule has 144 valence electrons. The molecule has 0 radical (unpaired) electrons. The Morgan fingerprint density at radius 3 is 2.72 bits per heavy atom. The highest BCUT2D eigenvalue weighted by Gasteiger charge is 2.12. The van der Waals surface area contributed by atoms with Gasteiger partial charge in [-0.3, -0.25) is 15.1 Å². The Balaban J connectivity index is 1.48. The number of rotatable bonds is 3. The number of fused-ring (bicyclic) bond motifs is 1. The Morgan fingerprint density at radius 1 is 1.10 bits per heavy atom. The molecule has 0 spiro atoms. The highest BCUT2D eigenvalue weighted by atomic mass is 32.1. The van der Waals surface area contributed by atoms with Crippen LogP contribution in [0.5, 0.6) is 0 Å². The van der Waals surface area contributed by atoms with Gasteiger partial charge in [0.25, 0.3) is 5.91 Å². The van der Waals surface area contributed by atoms with E-state index in [0.717, 1.165) is 16.7 Å². The van der Waals surface area contributed by atoms with Gasteiger partial charge in [0.05, 0.1) is 5.56 Å². The molecule has 7 heteroatoms. The van der Waals surface area contributed by atoms with E-state index in [2.05, 4.69) is 20.6 Å². The number of carbonyl (C=O) groups is 1. The molecule has 2 N–H and O–H groups in total. The highest BCUT2D eigenvalue weighted by Crippen LogP contribution is 2.25. The van der Waals surface area contributed by atoms with E-state index in [1.54, 1.807) is 24.5 Å². The van der Waals surface area contributed by atoms with Gasteiger partial charge in [0.1, 0.15) is 5.52 Å². The summed E-state index contributed by atoms with van der Waals surface area (Å²) in [7, 11) is 0. The molecule has 0 aliphatic rings. The third kappa shape index (κ3) is 4.14. The quantitative estimate of drug-likeness (QED) is 0.486. The summed E-state index contributed by atoms with van der Waals surface area (Å²) in [6.45, 7) is 3.89. The lowest BCUT2D eigenvalue weighted by atomic mass is 10.1. The standard InChI is InChI=1S/C22H18N4O2S/c1-13-5-7-17(14(2)10-13)20(27)26-22(29)24-16-6-8-19-18(11-16)25-21(28-19)15-4-3-9-23-12-15/h3-12H,1-2H3,(H2,24,26,27,29). The van der Waals surface area contributed by atoms with Gasteiger partial charge in [0.15, 0.2) is 10.7 Å². The fraction of sp³-hybridized carbons (Fsp3) is 0.0909. The lowest BCUT2D eigenvalue weighted by molar-refractivity contribution is 0.0977. The average molecular weight is 402 g/mol. The number of amides is 1. The summed E-state index contributed by atoms with van der Waals surface area (Å²) in [6.07, 6.45) is 3.39. The zero-order chi connectivity index (χ0) is 20.4. The first-order valence-electron chi connectivity index (χ1n) is 9.00. The van der Waals surface area contributed by atoms with Gasteiger partial charge in [-0.05, 0) is 68.0 Å². The smallest absolute Gasteiger partial charge is 0.257 e. The fourth-order valence-electron chi connectivity index (χ4n) is 3.02. The number of oxazole rings is 1. The van der Waals surface area contributed by atoms with Crippen LogP contribution in [0, 0.1) is 13.8 Å². The van der Waals surface area contributed by atoms with Crippen LogP contribution in [0.1, 0.15) is 21.5 Å². The van der Waals surface area contributed by atoms with Crippen LogP contribution in [0.2, 0.25) is 0 Å². The van der Waals surface area contributed by atoms with Gasteiger partial charge in [-0.1, -0.05) is 17.7 Å². The Labute approximate surface area is 173 Å². The maximum Gasteiger partial charge on any atom is 0.257 e. The number of nitrogens with zero attached hydrogens (tertiary/aromatic N) is 2. The summed E-state index contributed by atoms with van der Waals surface area (Å²) in [5.74, 6) is 0.248. The molecule has 0 aliphatic heterocycles. The zero-order valence-electron chi connectivity index (χ0n) is 15.9. The second-order valence-corrected chi connectivity index (χ2v) is 7.08. The van der Waals surface area contributed by atoms with Crippen LogP contribution in [-0.4, -0.2) is 21.0 Å². The molecule has 0 fully saturated rings. The van der Waals surface area contributed by atoms with Crippen molar-refractivity contribution in [2.75, 3.05) is 5.32 Å². The van der Waals surface area contributed by atoms with Crippen molar-refractivity contribution in [1.29, 1.82) is 0 Å². The van der Waals surface area contributed by atoms with E-state index in [0.29, 0.717) is 28.2 Å². The minimum Gasteiger partial charge on any atom is -0.436 e. The van der Waals surface area contributed by atoms with Gasteiger partial charge in [-0.25, -0.2) is 4.98 Å².